The van der Waals surface area contributed by atoms with Crippen LogP contribution in [-0.4, -0.2) is 29.9 Å². The van der Waals surface area contributed by atoms with Gasteiger partial charge in [0.2, 0.25) is 0 Å². The number of aliphatic hydroxyl groups is 1. The largest absolute Gasteiger partial charge is 0.493 e. The minimum absolute atomic E-state index is 0.144. The van der Waals surface area contributed by atoms with E-state index in [1.165, 1.54) is 0 Å². The molecule has 3 rings (SSSR count). The molecule has 2 aromatic rings. The summed E-state index contributed by atoms with van der Waals surface area (Å²) in [6, 6.07) is 15.2. The number of ether oxygens (including phenoxy) is 3. The zero-order valence-electron chi connectivity index (χ0n) is 16.6. The van der Waals surface area contributed by atoms with Crippen LogP contribution in [0, 0.1) is 0 Å². The Kier molecular flexibility index (Phi) is 5.75. The van der Waals surface area contributed by atoms with Gasteiger partial charge in [0.15, 0.2) is 11.5 Å². The molecule has 5 nitrogen and oxygen atoms in total. The molecule has 1 aliphatic rings. The average Bonchev–Trinajstić information content (AvgIpc) is 2.65. The van der Waals surface area contributed by atoms with Gasteiger partial charge in [-0.25, -0.2) is 0 Å². The SMILES string of the molecule is COc1cccc2c1O[C@H](c1ccccc1)C([C@@H](O)CC(=O)OC(C)(C)C)=C2. The first-order valence-corrected chi connectivity index (χ1v) is 9.28. The Morgan fingerprint density at radius 3 is 2.50 bits per heavy atom. The first-order valence-electron chi connectivity index (χ1n) is 9.28. The molecule has 1 heterocycles. The number of methoxy groups -OCH3 is 1. The molecular weight excluding hydrogens is 356 g/mol. The molecule has 0 aliphatic carbocycles. The Bertz CT molecular complexity index is 864. The lowest BCUT2D eigenvalue weighted by atomic mass is 9.91. The molecule has 148 valence electrons. The maximum atomic E-state index is 12.2. The molecular formula is C23H26O5. The topological polar surface area (TPSA) is 65.0 Å². The van der Waals surface area contributed by atoms with Gasteiger partial charge in [0.1, 0.15) is 11.7 Å². The summed E-state index contributed by atoms with van der Waals surface area (Å²) in [6.45, 7) is 5.40. The van der Waals surface area contributed by atoms with Gasteiger partial charge in [0.05, 0.1) is 19.6 Å². The third-order valence-electron chi connectivity index (χ3n) is 4.36. The van der Waals surface area contributed by atoms with E-state index in [-0.39, 0.29) is 6.42 Å². The van der Waals surface area contributed by atoms with Crippen molar-refractivity contribution in [2.75, 3.05) is 7.11 Å². The van der Waals surface area contributed by atoms with Crippen LogP contribution >= 0.6 is 0 Å². The van der Waals surface area contributed by atoms with Gasteiger partial charge in [-0.05, 0) is 38.5 Å². The number of hydrogen-bond donors (Lipinski definition) is 1. The normalized spacial score (nSPS) is 17.0. The van der Waals surface area contributed by atoms with Gasteiger partial charge in [-0.3, -0.25) is 4.79 Å². The van der Waals surface area contributed by atoms with Crippen LogP contribution in [0.4, 0.5) is 0 Å². The summed E-state index contributed by atoms with van der Waals surface area (Å²) < 4.78 is 17.0. The standard InChI is InChI=1S/C23H26O5/c1-23(2,3)28-20(25)14-18(24)17-13-16-11-8-12-19(26-4)22(16)27-21(17)15-9-6-5-7-10-15/h5-13,18,21,24H,14H2,1-4H3/t18-,21+/m0/s1. The van der Waals surface area contributed by atoms with Gasteiger partial charge >= 0.3 is 5.97 Å². The highest BCUT2D eigenvalue weighted by molar-refractivity contribution is 5.73. The van der Waals surface area contributed by atoms with E-state index < -0.39 is 23.8 Å². The highest BCUT2D eigenvalue weighted by Crippen LogP contribution is 2.43. The number of benzene rings is 2. The van der Waals surface area contributed by atoms with Crippen LogP contribution in [0.2, 0.25) is 0 Å². The van der Waals surface area contributed by atoms with Gasteiger partial charge in [-0.1, -0.05) is 42.5 Å². The fourth-order valence-corrected chi connectivity index (χ4v) is 3.19. The fourth-order valence-electron chi connectivity index (χ4n) is 3.19. The predicted molar refractivity (Wildman–Crippen MR) is 107 cm³/mol. The number of para-hydroxylation sites is 1. The van der Waals surface area contributed by atoms with Crippen LogP contribution < -0.4 is 9.47 Å². The van der Waals surface area contributed by atoms with Crippen molar-refractivity contribution in [2.45, 2.75) is 45.0 Å². The lowest BCUT2D eigenvalue weighted by Crippen LogP contribution is -2.30. The van der Waals surface area contributed by atoms with Gasteiger partial charge in [-0.2, -0.15) is 0 Å². The van der Waals surface area contributed by atoms with E-state index in [0.717, 1.165) is 11.1 Å². The second-order valence-corrected chi connectivity index (χ2v) is 7.74. The van der Waals surface area contributed by atoms with Crippen molar-refractivity contribution in [1.82, 2.24) is 0 Å². The van der Waals surface area contributed by atoms with E-state index in [4.69, 9.17) is 14.2 Å². The van der Waals surface area contributed by atoms with Crippen LogP contribution in [-0.2, 0) is 9.53 Å². The van der Waals surface area contributed by atoms with Crippen molar-refractivity contribution in [3.8, 4) is 11.5 Å². The van der Waals surface area contributed by atoms with E-state index in [1.807, 2.05) is 54.6 Å². The molecule has 0 saturated heterocycles. The minimum atomic E-state index is -1.03. The molecule has 28 heavy (non-hydrogen) atoms. The third kappa shape index (κ3) is 4.54. The lowest BCUT2D eigenvalue weighted by molar-refractivity contribution is -0.156. The minimum Gasteiger partial charge on any atom is -0.493 e. The van der Waals surface area contributed by atoms with Crippen LogP contribution in [0.15, 0.2) is 54.1 Å². The molecule has 0 bridgehead atoms. The first kappa shape index (κ1) is 20.0. The molecule has 1 aliphatic heterocycles. The van der Waals surface area contributed by atoms with Crippen molar-refractivity contribution in [1.29, 1.82) is 0 Å². The highest BCUT2D eigenvalue weighted by atomic mass is 16.6. The van der Waals surface area contributed by atoms with Gasteiger partial charge in [-0.15, -0.1) is 0 Å². The summed E-state index contributed by atoms with van der Waals surface area (Å²) >= 11 is 0. The fraction of sp³-hybridized carbons (Fsp3) is 0.348. The summed E-state index contributed by atoms with van der Waals surface area (Å²) in [4.78, 5) is 12.2. The van der Waals surface area contributed by atoms with Crippen LogP contribution in [0.3, 0.4) is 0 Å². The van der Waals surface area contributed by atoms with E-state index in [9.17, 15) is 9.90 Å². The second kappa shape index (κ2) is 8.07. The Labute approximate surface area is 165 Å². The van der Waals surface area contributed by atoms with Crippen LogP contribution in [0.25, 0.3) is 6.08 Å². The average molecular weight is 382 g/mol. The lowest BCUT2D eigenvalue weighted by Gasteiger charge is -2.31. The number of carbonyl (C=O) groups excluding carboxylic acids is 1. The Morgan fingerprint density at radius 1 is 1.14 bits per heavy atom. The van der Waals surface area contributed by atoms with Gasteiger partial charge in [0.25, 0.3) is 0 Å². The number of fused-ring (bicyclic) bond motifs is 1. The number of hydrogen-bond acceptors (Lipinski definition) is 5. The zero-order valence-corrected chi connectivity index (χ0v) is 16.6. The molecule has 5 heteroatoms. The zero-order chi connectivity index (χ0) is 20.3. The van der Waals surface area contributed by atoms with Gasteiger partial charge in [0, 0.05) is 11.1 Å². The monoisotopic (exact) mass is 382 g/mol. The van der Waals surface area contributed by atoms with Gasteiger partial charge < -0.3 is 19.3 Å². The van der Waals surface area contributed by atoms with Crippen molar-refractivity contribution in [3.63, 3.8) is 0 Å². The molecule has 0 unspecified atom stereocenters. The number of carbonyl (C=O) groups is 1. The van der Waals surface area contributed by atoms with Crippen molar-refractivity contribution >= 4 is 12.0 Å². The Morgan fingerprint density at radius 2 is 1.86 bits per heavy atom. The maximum absolute atomic E-state index is 12.2. The predicted octanol–water partition coefficient (Wildman–Crippen LogP) is 4.31. The molecule has 1 N–H and O–H groups in total. The summed E-state index contributed by atoms with van der Waals surface area (Å²) in [5, 5.41) is 10.8. The third-order valence-corrected chi connectivity index (χ3v) is 4.36. The maximum Gasteiger partial charge on any atom is 0.309 e. The summed E-state index contributed by atoms with van der Waals surface area (Å²) in [7, 11) is 1.59. The molecule has 0 aromatic heterocycles. The second-order valence-electron chi connectivity index (χ2n) is 7.74. The smallest absolute Gasteiger partial charge is 0.309 e. The van der Waals surface area contributed by atoms with E-state index in [1.54, 1.807) is 27.9 Å². The number of esters is 1. The van der Waals surface area contributed by atoms with E-state index in [0.29, 0.717) is 17.1 Å². The van der Waals surface area contributed by atoms with Crippen molar-refractivity contribution < 1.29 is 24.1 Å². The quantitative estimate of drug-likeness (QED) is 0.781. The molecule has 0 fully saturated rings. The van der Waals surface area contributed by atoms with Crippen LogP contribution in [0.1, 0.15) is 44.4 Å². The molecule has 0 spiro atoms. The van der Waals surface area contributed by atoms with E-state index >= 15 is 0 Å². The summed E-state index contributed by atoms with van der Waals surface area (Å²) in [6.07, 6.45) is 0.172. The number of aliphatic hydroxyl groups excluding tert-OH is 1. The molecule has 0 amide bonds. The highest BCUT2D eigenvalue weighted by Gasteiger charge is 2.32. The summed E-state index contributed by atoms with van der Waals surface area (Å²) in [5.74, 6) is 0.784. The van der Waals surface area contributed by atoms with E-state index in [2.05, 4.69) is 0 Å². The molecule has 0 radical (unpaired) electrons. The molecule has 0 saturated carbocycles. The first-order chi connectivity index (χ1) is 13.3. The Hall–Kier alpha value is -2.79. The summed E-state index contributed by atoms with van der Waals surface area (Å²) in [5.41, 5.74) is 1.68. The Balaban J connectivity index is 1.96. The van der Waals surface area contributed by atoms with Crippen molar-refractivity contribution in [2.24, 2.45) is 0 Å². The molecule has 2 aromatic carbocycles. The molecule has 2 atom stereocenters. The number of rotatable bonds is 5. The van der Waals surface area contributed by atoms with Crippen LogP contribution in [0.5, 0.6) is 11.5 Å². The van der Waals surface area contributed by atoms with Crippen molar-refractivity contribution in [3.05, 3.63) is 65.2 Å².